The van der Waals surface area contributed by atoms with Crippen LogP contribution in [0, 0.1) is 0 Å². The Morgan fingerprint density at radius 2 is 1.89 bits per heavy atom. The molecule has 1 aromatic heterocycles. The van der Waals surface area contributed by atoms with E-state index in [0.717, 1.165) is 23.6 Å². The van der Waals surface area contributed by atoms with Gasteiger partial charge in [0.25, 0.3) is 5.19 Å². The number of para-hydroxylation sites is 1. The zero-order valence-electron chi connectivity index (χ0n) is 11.1. The normalized spacial score (nSPS) is 19.2. The fourth-order valence-corrected chi connectivity index (χ4v) is 3.51. The van der Waals surface area contributed by atoms with Gasteiger partial charge in [-0.25, -0.2) is 4.98 Å². The Morgan fingerprint density at radius 3 is 2.63 bits per heavy atom. The van der Waals surface area contributed by atoms with Gasteiger partial charge in [-0.15, -0.1) is 0 Å². The van der Waals surface area contributed by atoms with Crippen LogP contribution in [-0.4, -0.2) is 17.1 Å². The molecule has 1 aromatic carbocycles. The molecule has 1 saturated carbocycles. The van der Waals surface area contributed by atoms with E-state index in [1.54, 1.807) is 11.3 Å². The highest BCUT2D eigenvalue weighted by Crippen LogP contribution is 2.30. The molecular formula is C15H20N2OS. The summed E-state index contributed by atoms with van der Waals surface area (Å²) in [6.45, 7) is 0.590. The van der Waals surface area contributed by atoms with Gasteiger partial charge in [0.15, 0.2) is 0 Å². The van der Waals surface area contributed by atoms with Gasteiger partial charge in [0.1, 0.15) is 6.61 Å². The average molecular weight is 276 g/mol. The van der Waals surface area contributed by atoms with E-state index >= 15 is 0 Å². The summed E-state index contributed by atoms with van der Waals surface area (Å²) in [6, 6.07) is 8.12. The lowest BCUT2D eigenvalue weighted by Crippen LogP contribution is -2.45. The lowest BCUT2D eigenvalue weighted by atomic mass is 9.93. The topological polar surface area (TPSA) is 48.1 Å². The second-order valence-electron chi connectivity index (χ2n) is 5.51. The number of nitrogens with two attached hydrogens (primary N) is 1. The maximum absolute atomic E-state index is 6.45. The van der Waals surface area contributed by atoms with Crippen molar-refractivity contribution in [1.29, 1.82) is 0 Å². The van der Waals surface area contributed by atoms with Crippen LogP contribution in [0.15, 0.2) is 24.3 Å². The van der Waals surface area contributed by atoms with E-state index in [0.29, 0.717) is 6.61 Å². The molecule has 2 N–H and O–H groups in total. The van der Waals surface area contributed by atoms with Gasteiger partial charge in [-0.1, -0.05) is 49.2 Å². The van der Waals surface area contributed by atoms with Gasteiger partial charge in [-0.3, -0.25) is 0 Å². The van der Waals surface area contributed by atoms with Crippen molar-refractivity contribution in [3.05, 3.63) is 24.3 Å². The van der Waals surface area contributed by atoms with Crippen LogP contribution >= 0.6 is 11.3 Å². The summed E-state index contributed by atoms with van der Waals surface area (Å²) in [5.74, 6) is 0. The summed E-state index contributed by atoms with van der Waals surface area (Å²) in [5, 5.41) is 0.746. The molecule has 0 unspecified atom stereocenters. The van der Waals surface area contributed by atoms with Gasteiger partial charge >= 0.3 is 0 Å². The van der Waals surface area contributed by atoms with Crippen molar-refractivity contribution in [2.24, 2.45) is 5.73 Å². The molecule has 0 aliphatic heterocycles. The van der Waals surface area contributed by atoms with Crippen molar-refractivity contribution < 1.29 is 4.74 Å². The SMILES string of the molecule is NC1(COc2nc3ccccc3s2)CCCCCC1. The first-order chi connectivity index (χ1) is 9.25. The first kappa shape index (κ1) is 12.9. The van der Waals surface area contributed by atoms with Gasteiger partial charge in [0, 0.05) is 0 Å². The maximum Gasteiger partial charge on any atom is 0.274 e. The van der Waals surface area contributed by atoms with Gasteiger partial charge in [-0.2, -0.15) is 0 Å². The molecule has 1 aliphatic rings. The predicted molar refractivity (Wildman–Crippen MR) is 79.7 cm³/mol. The van der Waals surface area contributed by atoms with Crippen molar-refractivity contribution in [2.45, 2.75) is 44.1 Å². The van der Waals surface area contributed by atoms with E-state index in [1.807, 2.05) is 18.2 Å². The lowest BCUT2D eigenvalue weighted by Gasteiger charge is -2.27. The minimum absolute atomic E-state index is 0.158. The van der Waals surface area contributed by atoms with Crippen LogP contribution in [0.3, 0.4) is 0 Å². The van der Waals surface area contributed by atoms with Gasteiger partial charge < -0.3 is 10.5 Å². The van der Waals surface area contributed by atoms with Crippen LogP contribution in [0.25, 0.3) is 10.2 Å². The highest BCUT2D eigenvalue weighted by atomic mass is 32.1. The second-order valence-corrected chi connectivity index (χ2v) is 6.51. The third-order valence-corrected chi connectivity index (χ3v) is 4.81. The number of thiazole rings is 1. The molecule has 1 heterocycles. The molecule has 1 aliphatic carbocycles. The number of rotatable bonds is 3. The molecule has 102 valence electrons. The van der Waals surface area contributed by atoms with E-state index in [1.165, 1.54) is 30.4 Å². The first-order valence-corrected chi connectivity index (χ1v) is 7.84. The Kier molecular flexibility index (Phi) is 3.71. The van der Waals surface area contributed by atoms with Gasteiger partial charge in [0.2, 0.25) is 0 Å². The molecule has 0 spiro atoms. The minimum Gasteiger partial charge on any atom is -0.468 e. The third kappa shape index (κ3) is 3.07. The summed E-state index contributed by atoms with van der Waals surface area (Å²) in [4.78, 5) is 4.49. The van der Waals surface area contributed by atoms with E-state index in [2.05, 4.69) is 11.1 Å². The van der Waals surface area contributed by atoms with Gasteiger partial charge in [-0.05, 0) is 25.0 Å². The Labute approximate surface area is 117 Å². The number of ether oxygens (including phenoxy) is 1. The summed E-state index contributed by atoms with van der Waals surface area (Å²) >= 11 is 1.60. The number of aromatic nitrogens is 1. The van der Waals surface area contributed by atoms with E-state index in [4.69, 9.17) is 10.5 Å². The number of hydrogen-bond acceptors (Lipinski definition) is 4. The van der Waals surface area contributed by atoms with E-state index < -0.39 is 0 Å². The Hall–Kier alpha value is -1.13. The standard InChI is InChI=1S/C15H20N2OS/c16-15(9-5-1-2-6-10-15)11-18-14-17-12-7-3-4-8-13(12)19-14/h3-4,7-8H,1-2,5-6,9-11,16H2. The molecule has 3 nitrogen and oxygen atoms in total. The molecule has 0 bridgehead atoms. The van der Waals surface area contributed by atoms with Crippen molar-refractivity contribution in [2.75, 3.05) is 6.61 Å². The molecule has 0 amide bonds. The minimum atomic E-state index is -0.158. The molecule has 2 aromatic rings. The first-order valence-electron chi connectivity index (χ1n) is 7.02. The fourth-order valence-electron chi connectivity index (χ4n) is 2.70. The van der Waals surface area contributed by atoms with Gasteiger partial charge in [0.05, 0.1) is 15.8 Å². The monoisotopic (exact) mass is 276 g/mol. The molecule has 19 heavy (non-hydrogen) atoms. The number of fused-ring (bicyclic) bond motifs is 1. The maximum atomic E-state index is 6.45. The van der Waals surface area contributed by atoms with E-state index in [9.17, 15) is 0 Å². The fraction of sp³-hybridized carbons (Fsp3) is 0.533. The largest absolute Gasteiger partial charge is 0.468 e. The molecule has 3 rings (SSSR count). The second kappa shape index (κ2) is 5.47. The van der Waals surface area contributed by atoms with Crippen molar-refractivity contribution >= 4 is 21.6 Å². The van der Waals surface area contributed by atoms with Crippen molar-refractivity contribution in [3.63, 3.8) is 0 Å². The molecule has 0 radical (unpaired) electrons. The molecule has 4 heteroatoms. The van der Waals surface area contributed by atoms with E-state index in [-0.39, 0.29) is 5.54 Å². The Balaban J connectivity index is 1.67. The molecule has 0 saturated heterocycles. The lowest BCUT2D eigenvalue weighted by molar-refractivity contribution is 0.199. The summed E-state index contributed by atoms with van der Waals surface area (Å²) in [7, 11) is 0. The zero-order valence-corrected chi connectivity index (χ0v) is 11.9. The van der Waals surface area contributed by atoms with Crippen LogP contribution in [0.1, 0.15) is 38.5 Å². The van der Waals surface area contributed by atoms with Crippen LogP contribution in [0.2, 0.25) is 0 Å². The highest BCUT2D eigenvalue weighted by molar-refractivity contribution is 7.20. The van der Waals surface area contributed by atoms with Crippen molar-refractivity contribution in [3.8, 4) is 5.19 Å². The van der Waals surface area contributed by atoms with Crippen LogP contribution in [0.5, 0.6) is 5.19 Å². The predicted octanol–water partition coefficient (Wildman–Crippen LogP) is 3.73. The van der Waals surface area contributed by atoms with Crippen molar-refractivity contribution in [1.82, 2.24) is 4.98 Å². The average Bonchev–Trinajstić information content (AvgIpc) is 2.72. The summed E-state index contributed by atoms with van der Waals surface area (Å²) in [5.41, 5.74) is 7.30. The Morgan fingerprint density at radius 1 is 1.16 bits per heavy atom. The third-order valence-electron chi connectivity index (χ3n) is 3.86. The number of hydrogen-bond donors (Lipinski definition) is 1. The smallest absolute Gasteiger partial charge is 0.274 e. The Bertz CT molecular complexity index is 511. The molecular weight excluding hydrogens is 256 g/mol. The zero-order chi connectivity index (χ0) is 13.1. The number of nitrogens with zero attached hydrogens (tertiary/aromatic N) is 1. The highest BCUT2D eigenvalue weighted by Gasteiger charge is 2.27. The van der Waals surface area contributed by atoms with Crippen LogP contribution in [-0.2, 0) is 0 Å². The summed E-state index contributed by atoms with van der Waals surface area (Å²) < 4.78 is 7.04. The van der Waals surface area contributed by atoms with Crippen LogP contribution in [0.4, 0.5) is 0 Å². The molecule has 0 atom stereocenters. The summed E-state index contributed by atoms with van der Waals surface area (Å²) in [6.07, 6.45) is 7.19. The quantitative estimate of drug-likeness (QED) is 0.869. The van der Waals surface area contributed by atoms with Crippen LogP contribution < -0.4 is 10.5 Å². The number of benzene rings is 1. The molecule has 1 fully saturated rings.